The summed E-state index contributed by atoms with van der Waals surface area (Å²) in [6.07, 6.45) is -3.50. The van der Waals surface area contributed by atoms with Crippen molar-refractivity contribution in [3.8, 4) is 11.5 Å². The molecule has 1 fully saturated rings. The highest BCUT2D eigenvalue weighted by Crippen LogP contribution is 2.38. The minimum atomic E-state index is -1.70. The maximum Gasteiger partial charge on any atom is 0.342 e. The molecule has 13 nitrogen and oxygen atoms in total. The van der Waals surface area contributed by atoms with Gasteiger partial charge in [0.25, 0.3) is 12.2 Å². The van der Waals surface area contributed by atoms with Crippen molar-refractivity contribution in [3.63, 3.8) is 0 Å². The van der Waals surface area contributed by atoms with Crippen molar-refractivity contribution in [1.82, 2.24) is 10.3 Å². The van der Waals surface area contributed by atoms with E-state index in [2.05, 4.69) is 10.3 Å². The predicted molar refractivity (Wildman–Crippen MR) is 163 cm³/mol. The average molecular weight is 649 g/mol. The van der Waals surface area contributed by atoms with Gasteiger partial charge in [-0.15, -0.1) is 0 Å². The molecule has 2 N–H and O–H groups in total. The van der Waals surface area contributed by atoms with Crippen LogP contribution in [0.2, 0.25) is 0 Å². The first kappa shape index (κ1) is 33.4. The van der Waals surface area contributed by atoms with E-state index in [0.717, 1.165) is 5.56 Å². The molecule has 2 aliphatic heterocycles. The molecule has 2 unspecified atom stereocenters. The van der Waals surface area contributed by atoms with E-state index >= 15 is 0 Å². The van der Waals surface area contributed by atoms with E-state index < -0.39 is 73.1 Å². The van der Waals surface area contributed by atoms with Crippen LogP contribution < -0.4 is 14.8 Å². The highest BCUT2D eigenvalue weighted by Gasteiger charge is 2.42. The zero-order valence-electron chi connectivity index (χ0n) is 26.3. The number of nitrogens with zero attached hydrogens (tertiary/aromatic N) is 1. The van der Waals surface area contributed by atoms with E-state index in [-0.39, 0.29) is 23.6 Å². The Bertz CT molecular complexity index is 1610. The molecule has 1 saturated heterocycles. The summed E-state index contributed by atoms with van der Waals surface area (Å²) in [5, 5.41) is 13.7. The van der Waals surface area contributed by atoms with Crippen LogP contribution in [0.3, 0.4) is 0 Å². The van der Waals surface area contributed by atoms with Crippen LogP contribution in [-0.4, -0.2) is 72.2 Å². The molecule has 3 aromatic rings. The van der Waals surface area contributed by atoms with Crippen molar-refractivity contribution >= 4 is 23.8 Å². The summed E-state index contributed by atoms with van der Waals surface area (Å²) in [6, 6.07) is 16.0. The Kier molecular flexibility index (Phi) is 10.4. The van der Waals surface area contributed by atoms with Gasteiger partial charge >= 0.3 is 17.9 Å². The van der Waals surface area contributed by atoms with Gasteiger partial charge in [0, 0.05) is 17.8 Å². The summed E-state index contributed by atoms with van der Waals surface area (Å²) in [5.74, 6) is -4.17. The number of amides is 1. The lowest BCUT2D eigenvalue weighted by Gasteiger charge is -2.31. The number of aliphatic hydroxyl groups is 1. The highest BCUT2D eigenvalue weighted by atomic mass is 16.7. The van der Waals surface area contributed by atoms with Crippen molar-refractivity contribution in [2.45, 2.75) is 58.0 Å². The Balaban J connectivity index is 1.39. The van der Waals surface area contributed by atoms with Gasteiger partial charge in [0.05, 0.1) is 24.7 Å². The second kappa shape index (κ2) is 14.6. The van der Waals surface area contributed by atoms with Gasteiger partial charge in [-0.05, 0) is 25.0 Å². The van der Waals surface area contributed by atoms with E-state index in [1.807, 2.05) is 30.3 Å². The number of nitrogens with one attached hydrogen (secondary N) is 1. The van der Waals surface area contributed by atoms with Crippen LogP contribution in [0.5, 0.6) is 11.5 Å². The fourth-order valence-corrected chi connectivity index (χ4v) is 5.25. The molecule has 0 aliphatic carbocycles. The fraction of sp³-hybridized carbons (Fsp3) is 0.382. The molecule has 0 saturated carbocycles. The number of rotatable bonds is 9. The molecule has 248 valence electrons. The first-order valence-corrected chi connectivity index (χ1v) is 15.1. The first-order valence-electron chi connectivity index (χ1n) is 15.1. The molecule has 13 heteroatoms. The molecular weight excluding hydrogens is 612 g/mol. The Morgan fingerprint density at radius 3 is 2.51 bits per heavy atom. The number of hydrogen-bond acceptors (Lipinski definition) is 12. The quantitative estimate of drug-likeness (QED) is 0.257. The molecule has 0 radical (unpaired) electrons. The minimum Gasteiger partial charge on any atom is -0.493 e. The van der Waals surface area contributed by atoms with Crippen LogP contribution in [-0.2, 0) is 35.0 Å². The van der Waals surface area contributed by atoms with Crippen LogP contribution in [0.25, 0.3) is 0 Å². The molecule has 2 aliphatic rings. The van der Waals surface area contributed by atoms with Gasteiger partial charge in [-0.3, -0.25) is 14.4 Å². The predicted octanol–water partition coefficient (Wildman–Crippen LogP) is 3.14. The van der Waals surface area contributed by atoms with E-state index in [1.54, 1.807) is 45.0 Å². The third-order valence-corrected chi connectivity index (χ3v) is 7.78. The van der Waals surface area contributed by atoms with Gasteiger partial charge in [-0.25, -0.2) is 9.78 Å². The standard InChI is InChI=1S/C34H36N2O11/c1-18(2)30(38)45-27-19(3)44-33(41)24(17-43-31(39)23(27)16-20-10-6-5-7-11-20)36-29(37)26-28(25(42-4)14-15-35-26)46-34-22-13-9-8-12-21(22)32(40)47-34/h5-15,18-19,23-24,27,33-34,41H,16-17H2,1-4H3,(H,36,37)/t19-,23+,24-,27-,33?,34?/m0/s1. The highest BCUT2D eigenvalue weighted by molar-refractivity contribution is 5.96. The smallest absolute Gasteiger partial charge is 0.342 e. The summed E-state index contributed by atoms with van der Waals surface area (Å²) in [6.45, 7) is 4.40. The Labute approximate surface area is 271 Å². The van der Waals surface area contributed by atoms with Gasteiger partial charge in [0.1, 0.15) is 24.7 Å². The zero-order valence-corrected chi connectivity index (χ0v) is 26.3. The lowest BCUT2D eigenvalue weighted by atomic mass is 9.91. The maximum atomic E-state index is 13.7. The molecule has 5 rings (SSSR count). The molecule has 0 bridgehead atoms. The fourth-order valence-electron chi connectivity index (χ4n) is 5.25. The summed E-state index contributed by atoms with van der Waals surface area (Å²) < 4.78 is 34.0. The Hall–Kier alpha value is -5.01. The number of benzene rings is 2. The molecule has 6 atom stereocenters. The van der Waals surface area contributed by atoms with Crippen molar-refractivity contribution in [2.24, 2.45) is 11.8 Å². The summed E-state index contributed by atoms with van der Waals surface area (Å²) in [5.41, 5.74) is 1.30. The number of carbonyl (C=O) groups excluding carboxylic acids is 4. The number of hydrogen-bond donors (Lipinski definition) is 2. The van der Waals surface area contributed by atoms with Crippen LogP contribution in [0, 0.1) is 11.8 Å². The number of pyridine rings is 1. The van der Waals surface area contributed by atoms with Gasteiger partial charge in [-0.2, -0.15) is 0 Å². The molecule has 0 spiro atoms. The average Bonchev–Trinajstić information content (AvgIpc) is 3.39. The number of carbonyl (C=O) groups is 4. The number of methoxy groups -OCH3 is 1. The van der Waals surface area contributed by atoms with E-state index in [4.69, 9.17) is 28.4 Å². The lowest BCUT2D eigenvalue weighted by Crippen LogP contribution is -2.49. The number of aromatic nitrogens is 1. The van der Waals surface area contributed by atoms with E-state index in [1.165, 1.54) is 19.4 Å². The maximum absolute atomic E-state index is 13.7. The van der Waals surface area contributed by atoms with Gasteiger partial charge < -0.3 is 38.8 Å². The second-order valence-corrected chi connectivity index (χ2v) is 11.4. The van der Waals surface area contributed by atoms with Crippen LogP contribution in [0.1, 0.15) is 59.0 Å². The number of cyclic esters (lactones) is 2. The normalized spacial score (nSPS) is 24.1. The zero-order chi connectivity index (χ0) is 33.7. The Morgan fingerprint density at radius 1 is 1.06 bits per heavy atom. The van der Waals surface area contributed by atoms with Crippen LogP contribution in [0.4, 0.5) is 0 Å². The second-order valence-electron chi connectivity index (χ2n) is 11.4. The molecule has 2 aromatic carbocycles. The largest absolute Gasteiger partial charge is 0.493 e. The lowest BCUT2D eigenvalue weighted by molar-refractivity contribution is -0.194. The van der Waals surface area contributed by atoms with Crippen LogP contribution in [0.15, 0.2) is 66.9 Å². The number of aliphatic hydroxyl groups excluding tert-OH is 1. The molecule has 3 heterocycles. The minimum absolute atomic E-state index is 0.121. The third kappa shape index (κ3) is 7.53. The number of ether oxygens (including phenoxy) is 6. The summed E-state index contributed by atoms with van der Waals surface area (Å²) >= 11 is 0. The Morgan fingerprint density at radius 2 is 1.79 bits per heavy atom. The summed E-state index contributed by atoms with van der Waals surface area (Å²) in [4.78, 5) is 56.4. The molecule has 1 aromatic heterocycles. The van der Waals surface area contributed by atoms with Crippen molar-refractivity contribution in [3.05, 3.63) is 89.2 Å². The van der Waals surface area contributed by atoms with Crippen molar-refractivity contribution < 1.29 is 52.7 Å². The first-order chi connectivity index (χ1) is 22.6. The SMILES string of the molecule is COc1ccnc(C(=O)N[C@H]2COC(=O)[C@H](Cc3ccccc3)[C@@H](OC(=O)C(C)C)[C@H](C)OC2O)c1OC1OC(=O)c2ccccc21. The number of esters is 3. The van der Waals surface area contributed by atoms with E-state index in [0.29, 0.717) is 11.1 Å². The van der Waals surface area contributed by atoms with Gasteiger partial charge in [0.15, 0.2) is 23.5 Å². The van der Waals surface area contributed by atoms with Crippen molar-refractivity contribution in [1.29, 1.82) is 0 Å². The van der Waals surface area contributed by atoms with E-state index in [9.17, 15) is 24.3 Å². The molecular formula is C34H36N2O11. The van der Waals surface area contributed by atoms with Crippen molar-refractivity contribution in [2.75, 3.05) is 13.7 Å². The molecule has 47 heavy (non-hydrogen) atoms. The van der Waals surface area contributed by atoms with Crippen LogP contribution >= 0.6 is 0 Å². The topological polar surface area (TPSA) is 169 Å². The summed E-state index contributed by atoms with van der Waals surface area (Å²) in [7, 11) is 1.36. The molecule has 1 amide bonds. The third-order valence-electron chi connectivity index (χ3n) is 7.78. The number of fused-ring (bicyclic) bond motifs is 1. The monoisotopic (exact) mass is 648 g/mol. The van der Waals surface area contributed by atoms with Gasteiger partial charge in [-0.1, -0.05) is 62.4 Å². The van der Waals surface area contributed by atoms with Gasteiger partial charge in [0.2, 0.25) is 0 Å².